The van der Waals surface area contributed by atoms with Crippen molar-refractivity contribution in [3.63, 3.8) is 0 Å². The number of hydrogen-bond acceptors (Lipinski definition) is 3. The summed E-state index contributed by atoms with van der Waals surface area (Å²) in [6.07, 6.45) is 3.85. The first-order valence-electron chi connectivity index (χ1n) is 6.28. The number of benzene rings is 1. The minimum Gasteiger partial charge on any atom is -0.496 e. The Bertz CT molecular complexity index is 463. The fourth-order valence-corrected chi connectivity index (χ4v) is 2.37. The lowest BCUT2D eigenvalue weighted by atomic mass is 9.94. The number of carbonyl (C=O) groups excluding carboxylic acids is 1. The number of para-hydroxylation sites is 1. The van der Waals surface area contributed by atoms with Crippen LogP contribution >= 0.6 is 0 Å². The second-order valence-corrected chi connectivity index (χ2v) is 4.24. The highest BCUT2D eigenvalue weighted by Crippen LogP contribution is 2.38. The summed E-state index contributed by atoms with van der Waals surface area (Å²) in [5.74, 6) is 0.522. The Morgan fingerprint density at radius 1 is 1.39 bits per heavy atom. The number of methoxy groups -OCH3 is 1. The zero-order valence-corrected chi connectivity index (χ0v) is 10.8. The lowest BCUT2D eigenvalue weighted by molar-refractivity contribution is -0.145. The highest BCUT2D eigenvalue weighted by atomic mass is 16.5. The Morgan fingerprint density at radius 3 is 2.89 bits per heavy atom. The quantitative estimate of drug-likeness (QED) is 0.766. The monoisotopic (exact) mass is 246 g/mol. The number of ether oxygens (including phenoxy) is 2. The highest BCUT2D eigenvalue weighted by Gasteiger charge is 2.29. The van der Waals surface area contributed by atoms with Crippen LogP contribution in [0.2, 0.25) is 0 Å². The van der Waals surface area contributed by atoms with E-state index in [0.717, 1.165) is 29.7 Å². The molecule has 0 saturated carbocycles. The lowest BCUT2D eigenvalue weighted by Crippen LogP contribution is -2.17. The molecular formula is C15H18O3. The Balaban J connectivity index is 2.29. The van der Waals surface area contributed by atoms with Gasteiger partial charge in [-0.25, -0.2) is 0 Å². The van der Waals surface area contributed by atoms with Crippen LogP contribution in [0.15, 0.2) is 30.3 Å². The molecule has 0 spiro atoms. The van der Waals surface area contributed by atoms with Crippen molar-refractivity contribution < 1.29 is 14.3 Å². The molecular weight excluding hydrogens is 228 g/mol. The zero-order valence-electron chi connectivity index (χ0n) is 10.8. The van der Waals surface area contributed by atoms with E-state index in [1.165, 1.54) is 0 Å². The second-order valence-electron chi connectivity index (χ2n) is 4.24. The van der Waals surface area contributed by atoms with Crippen molar-refractivity contribution in [2.24, 2.45) is 5.92 Å². The van der Waals surface area contributed by atoms with Crippen molar-refractivity contribution in [1.82, 2.24) is 0 Å². The molecule has 18 heavy (non-hydrogen) atoms. The Labute approximate surface area is 107 Å². The van der Waals surface area contributed by atoms with Gasteiger partial charge in [-0.3, -0.25) is 4.79 Å². The predicted octanol–water partition coefficient (Wildman–Crippen LogP) is 3.05. The smallest absolute Gasteiger partial charge is 0.313 e. The first kappa shape index (κ1) is 12.7. The van der Waals surface area contributed by atoms with Gasteiger partial charge in [0.2, 0.25) is 0 Å². The topological polar surface area (TPSA) is 35.5 Å². The third-order valence-electron chi connectivity index (χ3n) is 3.18. The highest BCUT2D eigenvalue weighted by molar-refractivity contribution is 5.91. The summed E-state index contributed by atoms with van der Waals surface area (Å²) in [5, 5.41) is 0. The van der Waals surface area contributed by atoms with Crippen molar-refractivity contribution in [3.8, 4) is 5.75 Å². The summed E-state index contributed by atoms with van der Waals surface area (Å²) in [5.41, 5.74) is 2.03. The molecule has 0 aromatic heterocycles. The van der Waals surface area contributed by atoms with Gasteiger partial charge >= 0.3 is 5.97 Å². The number of allylic oxidation sites excluding steroid dienone is 1. The summed E-state index contributed by atoms with van der Waals surface area (Å²) in [6.45, 7) is 2.26. The predicted molar refractivity (Wildman–Crippen MR) is 70.3 cm³/mol. The molecule has 1 atom stereocenters. The van der Waals surface area contributed by atoms with E-state index >= 15 is 0 Å². The van der Waals surface area contributed by atoms with Gasteiger partial charge in [0.15, 0.2) is 0 Å². The molecule has 2 rings (SSSR count). The van der Waals surface area contributed by atoms with Crippen molar-refractivity contribution >= 4 is 11.5 Å². The van der Waals surface area contributed by atoms with Gasteiger partial charge in [0.1, 0.15) is 5.75 Å². The minimum atomic E-state index is -0.152. The first-order valence-corrected chi connectivity index (χ1v) is 6.28. The van der Waals surface area contributed by atoms with E-state index in [4.69, 9.17) is 9.47 Å². The standard InChI is InChI=1S/C15H18O3/c1-3-18-15(16)13-9-6-8-11(13)12-7-4-5-10-14(12)17-2/h4-5,7-8,10,13H,3,6,9H2,1-2H3/t13-/m1/s1. The van der Waals surface area contributed by atoms with E-state index in [0.29, 0.717) is 6.61 Å². The van der Waals surface area contributed by atoms with E-state index in [1.54, 1.807) is 7.11 Å². The summed E-state index contributed by atoms with van der Waals surface area (Å²) in [4.78, 5) is 11.9. The van der Waals surface area contributed by atoms with E-state index in [2.05, 4.69) is 6.08 Å². The first-order chi connectivity index (χ1) is 8.77. The van der Waals surface area contributed by atoms with Gasteiger partial charge in [-0.05, 0) is 31.4 Å². The van der Waals surface area contributed by atoms with Crippen molar-refractivity contribution in [3.05, 3.63) is 35.9 Å². The lowest BCUT2D eigenvalue weighted by Gasteiger charge is -2.16. The molecule has 1 aromatic carbocycles. The summed E-state index contributed by atoms with van der Waals surface area (Å²) in [6, 6.07) is 7.79. The molecule has 0 aliphatic heterocycles. The fraction of sp³-hybridized carbons (Fsp3) is 0.400. The normalized spacial score (nSPS) is 18.3. The van der Waals surface area contributed by atoms with Crippen LogP contribution in [-0.2, 0) is 9.53 Å². The van der Waals surface area contributed by atoms with Crippen LogP contribution in [0.4, 0.5) is 0 Å². The summed E-state index contributed by atoms with van der Waals surface area (Å²) in [7, 11) is 1.65. The van der Waals surface area contributed by atoms with Gasteiger partial charge in [-0.1, -0.05) is 24.3 Å². The van der Waals surface area contributed by atoms with E-state index in [1.807, 2.05) is 31.2 Å². The van der Waals surface area contributed by atoms with Crippen LogP contribution in [0.3, 0.4) is 0 Å². The molecule has 0 heterocycles. The van der Waals surface area contributed by atoms with Gasteiger partial charge < -0.3 is 9.47 Å². The molecule has 0 bridgehead atoms. The molecule has 0 amide bonds. The number of rotatable bonds is 4. The number of esters is 1. The molecule has 0 fully saturated rings. The van der Waals surface area contributed by atoms with Gasteiger partial charge in [-0.15, -0.1) is 0 Å². The van der Waals surface area contributed by atoms with Gasteiger partial charge in [-0.2, -0.15) is 0 Å². The van der Waals surface area contributed by atoms with Crippen LogP contribution < -0.4 is 4.74 Å². The second kappa shape index (κ2) is 5.71. The Hall–Kier alpha value is -1.77. The molecule has 96 valence electrons. The van der Waals surface area contributed by atoms with E-state index in [-0.39, 0.29) is 11.9 Å². The van der Waals surface area contributed by atoms with Crippen LogP contribution in [-0.4, -0.2) is 19.7 Å². The summed E-state index contributed by atoms with van der Waals surface area (Å²) >= 11 is 0. The third kappa shape index (κ3) is 2.40. The molecule has 1 aromatic rings. The maximum Gasteiger partial charge on any atom is 0.313 e. The van der Waals surface area contributed by atoms with Crippen LogP contribution in [0.5, 0.6) is 5.75 Å². The molecule has 0 N–H and O–H groups in total. The van der Waals surface area contributed by atoms with E-state index < -0.39 is 0 Å². The minimum absolute atomic E-state index is 0.132. The molecule has 1 aliphatic carbocycles. The van der Waals surface area contributed by atoms with Crippen molar-refractivity contribution in [2.75, 3.05) is 13.7 Å². The number of carbonyl (C=O) groups is 1. The molecule has 1 aliphatic rings. The van der Waals surface area contributed by atoms with E-state index in [9.17, 15) is 4.79 Å². The zero-order chi connectivity index (χ0) is 13.0. The van der Waals surface area contributed by atoms with Crippen molar-refractivity contribution in [1.29, 1.82) is 0 Å². The Kier molecular flexibility index (Phi) is 4.03. The summed E-state index contributed by atoms with van der Waals surface area (Å²) < 4.78 is 10.5. The molecule has 3 nitrogen and oxygen atoms in total. The SMILES string of the molecule is CCOC(=O)[C@@H]1CCC=C1c1ccccc1OC. The van der Waals surface area contributed by atoms with Gasteiger partial charge in [0, 0.05) is 5.56 Å². The molecule has 0 saturated heterocycles. The average Bonchev–Trinajstić information content (AvgIpc) is 2.88. The average molecular weight is 246 g/mol. The van der Waals surface area contributed by atoms with Crippen LogP contribution in [0.1, 0.15) is 25.3 Å². The van der Waals surface area contributed by atoms with Crippen LogP contribution in [0, 0.1) is 5.92 Å². The maximum absolute atomic E-state index is 11.9. The Morgan fingerprint density at radius 2 is 2.17 bits per heavy atom. The van der Waals surface area contributed by atoms with Gasteiger partial charge in [0.05, 0.1) is 19.6 Å². The molecule has 0 radical (unpaired) electrons. The number of hydrogen-bond donors (Lipinski definition) is 0. The van der Waals surface area contributed by atoms with Gasteiger partial charge in [0.25, 0.3) is 0 Å². The maximum atomic E-state index is 11.9. The van der Waals surface area contributed by atoms with Crippen LogP contribution in [0.25, 0.3) is 5.57 Å². The molecule has 3 heteroatoms. The largest absolute Gasteiger partial charge is 0.496 e. The van der Waals surface area contributed by atoms with Crippen molar-refractivity contribution in [2.45, 2.75) is 19.8 Å². The fourth-order valence-electron chi connectivity index (χ4n) is 2.37. The third-order valence-corrected chi connectivity index (χ3v) is 3.18. The molecule has 0 unspecified atom stereocenters.